The SMILES string of the molecule is Cc1nc(-c2ccccc2)nc(C(=O)N2CCN(S(=O)(=O)c3cccc4ccccc34)C(C)C2)c1C(=O)OCC(C)C. The molecule has 1 fully saturated rings. The highest BCUT2D eigenvalue weighted by molar-refractivity contribution is 7.89. The molecule has 0 radical (unpaired) electrons. The number of carbonyl (C=O) groups is 2. The molecule has 42 heavy (non-hydrogen) atoms. The molecule has 2 heterocycles. The lowest BCUT2D eigenvalue weighted by molar-refractivity contribution is 0.0447. The Labute approximate surface area is 246 Å². The highest BCUT2D eigenvalue weighted by Crippen LogP contribution is 2.29. The third kappa shape index (κ3) is 5.77. The molecule has 0 saturated carbocycles. The average Bonchev–Trinajstić information content (AvgIpc) is 2.99. The van der Waals surface area contributed by atoms with Gasteiger partial charge in [-0.3, -0.25) is 4.79 Å². The van der Waals surface area contributed by atoms with E-state index >= 15 is 0 Å². The van der Waals surface area contributed by atoms with Gasteiger partial charge < -0.3 is 9.64 Å². The third-order valence-corrected chi connectivity index (χ3v) is 9.34. The summed E-state index contributed by atoms with van der Waals surface area (Å²) in [5, 5.41) is 1.49. The van der Waals surface area contributed by atoms with Crippen LogP contribution in [0, 0.1) is 12.8 Å². The average molecular weight is 587 g/mol. The lowest BCUT2D eigenvalue weighted by atomic mass is 10.1. The molecule has 0 spiro atoms. The van der Waals surface area contributed by atoms with Gasteiger partial charge in [0.05, 0.1) is 17.2 Å². The van der Waals surface area contributed by atoms with Gasteiger partial charge in [0.2, 0.25) is 10.0 Å². The van der Waals surface area contributed by atoms with Crippen molar-refractivity contribution in [3.63, 3.8) is 0 Å². The van der Waals surface area contributed by atoms with Gasteiger partial charge in [0.25, 0.3) is 5.91 Å². The van der Waals surface area contributed by atoms with Crippen molar-refractivity contribution in [1.82, 2.24) is 19.2 Å². The summed E-state index contributed by atoms with van der Waals surface area (Å²) < 4.78 is 34.6. The maximum atomic E-state index is 14.0. The van der Waals surface area contributed by atoms with E-state index in [-0.39, 0.29) is 48.3 Å². The largest absolute Gasteiger partial charge is 0.462 e. The van der Waals surface area contributed by atoms with Crippen molar-refractivity contribution in [3.8, 4) is 11.4 Å². The van der Waals surface area contributed by atoms with E-state index in [1.54, 1.807) is 36.9 Å². The third-order valence-electron chi connectivity index (χ3n) is 7.27. The highest BCUT2D eigenvalue weighted by atomic mass is 32.2. The van der Waals surface area contributed by atoms with E-state index in [1.165, 1.54) is 4.31 Å². The summed E-state index contributed by atoms with van der Waals surface area (Å²) >= 11 is 0. The van der Waals surface area contributed by atoms with Crippen molar-refractivity contribution in [2.24, 2.45) is 5.92 Å². The van der Waals surface area contributed by atoms with Crippen LogP contribution < -0.4 is 0 Å². The van der Waals surface area contributed by atoms with Gasteiger partial charge in [-0.25, -0.2) is 23.2 Å². The summed E-state index contributed by atoms with van der Waals surface area (Å²) in [6, 6.07) is 21.3. The molecule has 1 amide bonds. The fraction of sp³-hybridized carbons (Fsp3) is 0.312. The number of hydrogen-bond donors (Lipinski definition) is 0. The molecule has 4 aromatic rings. The maximum Gasteiger partial charge on any atom is 0.342 e. The summed E-state index contributed by atoms with van der Waals surface area (Å²) in [5.74, 6) is -0.699. The zero-order chi connectivity index (χ0) is 30.0. The van der Waals surface area contributed by atoms with Crippen LogP contribution in [-0.4, -0.2) is 71.8 Å². The summed E-state index contributed by atoms with van der Waals surface area (Å²) in [6.45, 7) is 7.84. The van der Waals surface area contributed by atoms with E-state index in [1.807, 2.05) is 68.4 Å². The number of aryl methyl sites for hydroxylation is 1. The first-order valence-electron chi connectivity index (χ1n) is 14.0. The second-order valence-corrected chi connectivity index (χ2v) is 12.8. The summed E-state index contributed by atoms with van der Waals surface area (Å²) in [7, 11) is -3.84. The topological polar surface area (TPSA) is 110 Å². The predicted octanol–water partition coefficient (Wildman–Crippen LogP) is 4.95. The van der Waals surface area contributed by atoms with Gasteiger partial charge in [-0.05, 0) is 31.2 Å². The number of rotatable bonds is 7. The number of sulfonamides is 1. The van der Waals surface area contributed by atoms with E-state index < -0.39 is 27.9 Å². The van der Waals surface area contributed by atoms with E-state index in [2.05, 4.69) is 9.97 Å². The van der Waals surface area contributed by atoms with Crippen LogP contribution in [0.3, 0.4) is 0 Å². The first-order valence-corrected chi connectivity index (χ1v) is 15.4. The lowest BCUT2D eigenvalue weighted by Gasteiger charge is -2.39. The van der Waals surface area contributed by atoms with Crippen molar-refractivity contribution < 1.29 is 22.7 Å². The number of carbonyl (C=O) groups excluding carboxylic acids is 2. The molecule has 10 heteroatoms. The Balaban J connectivity index is 1.46. The number of esters is 1. The van der Waals surface area contributed by atoms with Crippen LogP contribution in [0.2, 0.25) is 0 Å². The lowest BCUT2D eigenvalue weighted by Crippen LogP contribution is -2.55. The molecule has 0 N–H and O–H groups in total. The number of fused-ring (bicyclic) bond motifs is 1. The molecule has 1 atom stereocenters. The molecule has 9 nitrogen and oxygen atoms in total. The van der Waals surface area contributed by atoms with Crippen molar-refractivity contribution in [2.45, 2.75) is 38.6 Å². The second kappa shape index (κ2) is 12.0. The van der Waals surface area contributed by atoms with Gasteiger partial charge in [-0.1, -0.05) is 80.6 Å². The number of ether oxygens (including phenoxy) is 1. The van der Waals surface area contributed by atoms with Crippen LogP contribution in [0.15, 0.2) is 77.7 Å². The second-order valence-electron chi connectivity index (χ2n) is 10.9. The Bertz CT molecular complexity index is 1740. The van der Waals surface area contributed by atoms with Gasteiger partial charge in [0.1, 0.15) is 11.3 Å². The standard InChI is InChI=1S/C32H34N4O5S/c1-21(2)20-41-32(38)28-23(4)33-30(25-12-6-5-7-13-25)34-29(28)31(37)35-17-18-36(22(3)19-35)42(39,40)27-16-10-14-24-11-8-9-15-26(24)27/h5-16,21-22H,17-20H2,1-4H3. The van der Waals surface area contributed by atoms with Gasteiger partial charge in [0.15, 0.2) is 5.82 Å². The first-order chi connectivity index (χ1) is 20.1. The van der Waals surface area contributed by atoms with Crippen LogP contribution in [0.5, 0.6) is 0 Å². The summed E-state index contributed by atoms with van der Waals surface area (Å²) in [6.07, 6.45) is 0. The zero-order valence-corrected chi connectivity index (χ0v) is 25.0. The number of nitrogens with zero attached hydrogens (tertiary/aromatic N) is 4. The normalized spacial score (nSPS) is 16.1. The zero-order valence-electron chi connectivity index (χ0n) is 24.1. The number of amides is 1. The Kier molecular flexibility index (Phi) is 8.38. The smallest absolute Gasteiger partial charge is 0.342 e. The molecule has 218 valence electrons. The van der Waals surface area contributed by atoms with E-state index in [4.69, 9.17) is 4.74 Å². The van der Waals surface area contributed by atoms with E-state index in [0.29, 0.717) is 22.5 Å². The van der Waals surface area contributed by atoms with Crippen molar-refractivity contribution >= 4 is 32.7 Å². The minimum atomic E-state index is -3.84. The van der Waals surface area contributed by atoms with Crippen molar-refractivity contribution in [2.75, 3.05) is 26.2 Å². The fourth-order valence-corrected chi connectivity index (χ4v) is 7.01. The maximum absolute atomic E-state index is 14.0. The predicted molar refractivity (Wildman–Crippen MR) is 161 cm³/mol. The van der Waals surface area contributed by atoms with Gasteiger partial charge in [0, 0.05) is 36.6 Å². The molecule has 1 saturated heterocycles. The quantitative estimate of drug-likeness (QED) is 0.282. The number of aromatic nitrogens is 2. The molecule has 0 aliphatic carbocycles. The Hall–Kier alpha value is -4.15. The van der Waals surface area contributed by atoms with Crippen molar-refractivity contribution in [3.05, 3.63) is 89.7 Å². The molecule has 5 rings (SSSR count). The fourth-order valence-electron chi connectivity index (χ4n) is 5.18. The molecule has 1 unspecified atom stereocenters. The number of benzene rings is 3. The molecule has 0 bridgehead atoms. The first kappa shape index (κ1) is 29.3. The van der Waals surface area contributed by atoms with Crippen LogP contribution >= 0.6 is 0 Å². The monoisotopic (exact) mass is 586 g/mol. The van der Waals surface area contributed by atoms with Crippen LogP contribution in [-0.2, 0) is 14.8 Å². The summed E-state index contributed by atoms with van der Waals surface area (Å²) in [4.78, 5) is 38.1. The highest BCUT2D eigenvalue weighted by Gasteiger charge is 2.38. The van der Waals surface area contributed by atoms with Crippen molar-refractivity contribution in [1.29, 1.82) is 0 Å². The minimum absolute atomic E-state index is 0.0267. The Morgan fingerprint density at radius 1 is 0.952 bits per heavy atom. The number of piperazine rings is 1. The van der Waals surface area contributed by atoms with Gasteiger partial charge >= 0.3 is 5.97 Å². The molecule has 1 aliphatic heterocycles. The molecule has 3 aromatic carbocycles. The molecular formula is C32H34N4O5S. The van der Waals surface area contributed by atoms with Crippen LogP contribution in [0.4, 0.5) is 0 Å². The van der Waals surface area contributed by atoms with Crippen LogP contribution in [0.1, 0.15) is 47.3 Å². The molecule has 1 aromatic heterocycles. The van der Waals surface area contributed by atoms with Crippen LogP contribution in [0.25, 0.3) is 22.2 Å². The molecular weight excluding hydrogens is 552 g/mol. The minimum Gasteiger partial charge on any atom is -0.462 e. The summed E-state index contributed by atoms with van der Waals surface area (Å²) in [5.41, 5.74) is 1.02. The van der Waals surface area contributed by atoms with Gasteiger partial charge in [-0.2, -0.15) is 4.31 Å². The van der Waals surface area contributed by atoms with E-state index in [9.17, 15) is 18.0 Å². The number of hydrogen-bond acceptors (Lipinski definition) is 7. The molecule has 1 aliphatic rings. The van der Waals surface area contributed by atoms with Gasteiger partial charge in [-0.15, -0.1) is 0 Å². The van der Waals surface area contributed by atoms with E-state index in [0.717, 1.165) is 5.39 Å². The Morgan fingerprint density at radius 3 is 2.36 bits per heavy atom. The Morgan fingerprint density at radius 2 is 1.64 bits per heavy atom.